The number of aryl methyl sites for hydroxylation is 1. The highest BCUT2D eigenvalue weighted by atomic mass is 32.1. The third-order valence-corrected chi connectivity index (χ3v) is 4.20. The van der Waals surface area contributed by atoms with Crippen LogP contribution in [0.25, 0.3) is 10.6 Å². The molecule has 0 unspecified atom stereocenters. The zero-order valence-electron chi connectivity index (χ0n) is 12.5. The van der Waals surface area contributed by atoms with Gasteiger partial charge in [0.1, 0.15) is 15.7 Å². The maximum atomic E-state index is 12.9. The highest BCUT2D eigenvalue weighted by Gasteiger charge is 2.17. The summed E-state index contributed by atoms with van der Waals surface area (Å²) in [4.78, 5) is 29.8. The Bertz CT molecular complexity index is 695. The summed E-state index contributed by atoms with van der Waals surface area (Å²) >= 11 is 1.22. The molecule has 2 amide bonds. The molecule has 2 aromatic rings. The van der Waals surface area contributed by atoms with E-state index in [9.17, 15) is 14.0 Å². The smallest absolute Gasteiger partial charge is 0.263 e. The number of halogens is 1. The lowest BCUT2D eigenvalue weighted by molar-refractivity contribution is -0.127. The summed E-state index contributed by atoms with van der Waals surface area (Å²) in [6.45, 7) is 1.67. The number of aromatic nitrogens is 1. The summed E-state index contributed by atoms with van der Waals surface area (Å²) in [6.07, 6.45) is 0. The van der Waals surface area contributed by atoms with Gasteiger partial charge in [-0.3, -0.25) is 9.59 Å². The Morgan fingerprint density at radius 2 is 1.91 bits per heavy atom. The predicted octanol–water partition coefficient (Wildman–Crippen LogP) is 2.08. The largest absolute Gasteiger partial charge is 0.347 e. The van der Waals surface area contributed by atoms with E-state index >= 15 is 0 Å². The van der Waals surface area contributed by atoms with Crippen molar-refractivity contribution in [1.82, 2.24) is 15.2 Å². The number of nitrogens with zero attached hydrogens (tertiary/aromatic N) is 2. The molecule has 7 heteroatoms. The summed E-state index contributed by atoms with van der Waals surface area (Å²) in [6, 6.07) is 5.93. The van der Waals surface area contributed by atoms with E-state index < -0.39 is 0 Å². The van der Waals surface area contributed by atoms with Gasteiger partial charge >= 0.3 is 0 Å². The maximum absolute atomic E-state index is 12.9. The molecule has 0 saturated carbocycles. The maximum Gasteiger partial charge on any atom is 0.263 e. The van der Waals surface area contributed by atoms with E-state index in [1.165, 1.54) is 28.4 Å². The lowest BCUT2D eigenvalue weighted by Crippen LogP contribution is -2.36. The van der Waals surface area contributed by atoms with Crippen LogP contribution in [0.5, 0.6) is 0 Å². The van der Waals surface area contributed by atoms with Crippen LogP contribution in [0.3, 0.4) is 0 Å². The molecule has 1 aromatic heterocycles. The standard InChI is InChI=1S/C15H16FN3O2S/c1-9-13(14(21)17-8-12(20)19(2)3)22-15(18-9)10-4-6-11(16)7-5-10/h4-7H,8H2,1-3H3,(H,17,21). The van der Waals surface area contributed by atoms with E-state index in [4.69, 9.17) is 0 Å². The fraction of sp³-hybridized carbons (Fsp3) is 0.267. The number of benzene rings is 1. The molecular formula is C15H16FN3O2S. The number of carbonyl (C=O) groups excluding carboxylic acids is 2. The van der Waals surface area contributed by atoms with E-state index in [1.54, 1.807) is 33.2 Å². The van der Waals surface area contributed by atoms with Crippen molar-refractivity contribution < 1.29 is 14.0 Å². The van der Waals surface area contributed by atoms with Crippen molar-refractivity contribution in [2.75, 3.05) is 20.6 Å². The fourth-order valence-corrected chi connectivity index (χ4v) is 2.71. The average molecular weight is 321 g/mol. The molecule has 0 bridgehead atoms. The van der Waals surface area contributed by atoms with Crippen molar-refractivity contribution in [3.05, 3.63) is 40.7 Å². The topological polar surface area (TPSA) is 62.3 Å². The number of amides is 2. The molecule has 0 aliphatic carbocycles. The number of hydrogen-bond acceptors (Lipinski definition) is 4. The third kappa shape index (κ3) is 3.67. The third-order valence-electron chi connectivity index (χ3n) is 2.99. The molecule has 1 N–H and O–H groups in total. The van der Waals surface area contributed by atoms with Gasteiger partial charge in [-0.2, -0.15) is 0 Å². The molecule has 0 spiro atoms. The molecule has 1 heterocycles. The molecule has 0 atom stereocenters. The molecule has 0 fully saturated rings. The summed E-state index contributed by atoms with van der Waals surface area (Å²) < 4.78 is 12.9. The monoisotopic (exact) mass is 321 g/mol. The first-order valence-corrected chi connectivity index (χ1v) is 7.42. The first-order chi connectivity index (χ1) is 10.4. The second-order valence-corrected chi connectivity index (χ2v) is 5.91. The van der Waals surface area contributed by atoms with Gasteiger partial charge in [-0.1, -0.05) is 0 Å². The second kappa shape index (κ2) is 6.65. The van der Waals surface area contributed by atoms with Gasteiger partial charge in [0.15, 0.2) is 0 Å². The first kappa shape index (κ1) is 16.1. The molecule has 116 valence electrons. The number of rotatable bonds is 4. The predicted molar refractivity (Wildman–Crippen MR) is 83.3 cm³/mol. The van der Waals surface area contributed by atoms with Gasteiger partial charge in [-0.25, -0.2) is 9.37 Å². The number of hydrogen-bond donors (Lipinski definition) is 1. The van der Waals surface area contributed by atoms with Crippen molar-refractivity contribution in [2.24, 2.45) is 0 Å². The molecule has 2 rings (SSSR count). The summed E-state index contributed by atoms with van der Waals surface area (Å²) in [7, 11) is 3.25. The summed E-state index contributed by atoms with van der Waals surface area (Å²) in [5.41, 5.74) is 1.33. The van der Waals surface area contributed by atoms with Crippen LogP contribution in [-0.4, -0.2) is 42.3 Å². The Hall–Kier alpha value is -2.28. The zero-order valence-corrected chi connectivity index (χ0v) is 13.3. The quantitative estimate of drug-likeness (QED) is 0.938. The minimum absolute atomic E-state index is 0.0605. The SMILES string of the molecule is Cc1nc(-c2ccc(F)cc2)sc1C(=O)NCC(=O)N(C)C. The number of nitrogens with one attached hydrogen (secondary N) is 1. The zero-order chi connectivity index (χ0) is 16.3. The number of thiazole rings is 1. The lowest BCUT2D eigenvalue weighted by atomic mass is 10.2. The molecule has 0 aliphatic rings. The van der Waals surface area contributed by atoms with Crippen molar-refractivity contribution >= 4 is 23.2 Å². The normalized spacial score (nSPS) is 10.4. The average Bonchev–Trinajstić information content (AvgIpc) is 2.87. The van der Waals surface area contributed by atoms with Crippen molar-refractivity contribution in [3.8, 4) is 10.6 Å². The van der Waals surface area contributed by atoms with Crippen LogP contribution in [0, 0.1) is 12.7 Å². The molecular weight excluding hydrogens is 305 g/mol. The van der Waals surface area contributed by atoms with Crippen molar-refractivity contribution in [3.63, 3.8) is 0 Å². The Morgan fingerprint density at radius 1 is 1.27 bits per heavy atom. The summed E-state index contributed by atoms with van der Waals surface area (Å²) in [5.74, 6) is -0.843. The van der Waals surface area contributed by atoms with Gasteiger partial charge in [-0.05, 0) is 31.2 Å². The van der Waals surface area contributed by atoms with Crippen LogP contribution < -0.4 is 5.32 Å². The number of carbonyl (C=O) groups is 2. The van der Waals surface area contributed by atoms with Gasteiger partial charge in [-0.15, -0.1) is 11.3 Å². The minimum atomic E-state index is -0.335. The van der Waals surface area contributed by atoms with Crippen molar-refractivity contribution in [1.29, 1.82) is 0 Å². The van der Waals surface area contributed by atoms with Gasteiger partial charge in [0.05, 0.1) is 12.2 Å². The van der Waals surface area contributed by atoms with Crippen LogP contribution in [-0.2, 0) is 4.79 Å². The second-order valence-electron chi connectivity index (χ2n) is 4.91. The van der Waals surface area contributed by atoms with Crippen LogP contribution in [0.15, 0.2) is 24.3 Å². The molecule has 0 radical (unpaired) electrons. The van der Waals surface area contributed by atoms with Gasteiger partial charge in [0.2, 0.25) is 5.91 Å². The van der Waals surface area contributed by atoms with Crippen molar-refractivity contribution in [2.45, 2.75) is 6.92 Å². The fourth-order valence-electron chi connectivity index (χ4n) is 1.72. The van der Waals surface area contributed by atoms with Crippen LogP contribution in [0.2, 0.25) is 0 Å². The Kier molecular flexibility index (Phi) is 4.87. The van der Waals surface area contributed by atoms with Gasteiger partial charge in [0, 0.05) is 19.7 Å². The van der Waals surface area contributed by atoms with Crippen LogP contribution >= 0.6 is 11.3 Å². The molecule has 22 heavy (non-hydrogen) atoms. The van der Waals surface area contributed by atoms with E-state index in [1.807, 2.05) is 0 Å². The minimum Gasteiger partial charge on any atom is -0.347 e. The molecule has 5 nitrogen and oxygen atoms in total. The highest BCUT2D eigenvalue weighted by Crippen LogP contribution is 2.27. The lowest BCUT2D eigenvalue weighted by Gasteiger charge is -2.10. The van der Waals surface area contributed by atoms with E-state index in [-0.39, 0.29) is 24.2 Å². The van der Waals surface area contributed by atoms with Crippen LogP contribution in [0.1, 0.15) is 15.4 Å². The Labute approximate surface area is 131 Å². The van der Waals surface area contributed by atoms with Crippen LogP contribution in [0.4, 0.5) is 4.39 Å². The number of likely N-dealkylation sites (N-methyl/N-ethyl adjacent to an activating group) is 1. The summed E-state index contributed by atoms with van der Waals surface area (Å²) in [5, 5.41) is 3.22. The molecule has 0 saturated heterocycles. The van der Waals surface area contributed by atoms with Gasteiger partial charge < -0.3 is 10.2 Å². The first-order valence-electron chi connectivity index (χ1n) is 6.60. The Balaban J connectivity index is 2.14. The van der Waals surface area contributed by atoms with E-state index in [0.29, 0.717) is 15.6 Å². The van der Waals surface area contributed by atoms with E-state index in [0.717, 1.165) is 5.56 Å². The Morgan fingerprint density at radius 3 is 2.50 bits per heavy atom. The molecule has 1 aromatic carbocycles. The molecule has 0 aliphatic heterocycles. The highest BCUT2D eigenvalue weighted by molar-refractivity contribution is 7.17. The van der Waals surface area contributed by atoms with E-state index in [2.05, 4.69) is 10.3 Å². The van der Waals surface area contributed by atoms with Gasteiger partial charge in [0.25, 0.3) is 5.91 Å².